The predicted octanol–water partition coefficient (Wildman–Crippen LogP) is 1.64. The van der Waals surface area contributed by atoms with Gasteiger partial charge in [-0.25, -0.2) is 8.42 Å². The lowest BCUT2D eigenvalue weighted by atomic mass is 10.2. The zero-order chi connectivity index (χ0) is 17.7. The summed E-state index contributed by atoms with van der Waals surface area (Å²) >= 11 is 0. The molecule has 0 saturated carbocycles. The first-order valence-electron chi connectivity index (χ1n) is 7.62. The van der Waals surface area contributed by atoms with E-state index in [0.29, 0.717) is 11.4 Å². The molecule has 0 bridgehead atoms. The van der Waals surface area contributed by atoms with Gasteiger partial charge in [0, 0.05) is 45.8 Å². The van der Waals surface area contributed by atoms with Gasteiger partial charge in [0.15, 0.2) is 15.8 Å². The van der Waals surface area contributed by atoms with Gasteiger partial charge in [-0.15, -0.1) is 0 Å². The van der Waals surface area contributed by atoms with Gasteiger partial charge >= 0.3 is 0 Å². The van der Waals surface area contributed by atoms with Gasteiger partial charge < -0.3 is 14.8 Å². The molecule has 6 nitrogen and oxygen atoms in total. The van der Waals surface area contributed by atoms with Gasteiger partial charge in [-0.1, -0.05) is 12.1 Å². The maximum atomic E-state index is 11.5. The minimum absolute atomic E-state index is 0.330. The summed E-state index contributed by atoms with van der Waals surface area (Å²) in [5.74, 6) is 0.781. The number of hydrogen-bond acceptors (Lipinski definition) is 3. The van der Waals surface area contributed by atoms with Crippen molar-refractivity contribution < 1.29 is 8.42 Å². The SMILES string of the molecule is CN=C(NCc1ccc(S(C)(=O)=O)cc1)N(C)Cc1cccn1C. The second-order valence-electron chi connectivity index (χ2n) is 5.78. The van der Waals surface area contributed by atoms with Crippen LogP contribution in [0.1, 0.15) is 11.3 Å². The van der Waals surface area contributed by atoms with Gasteiger partial charge in [0.1, 0.15) is 0 Å². The number of hydrogen-bond donors (Lipinski definition) is 1. The minimum atomic E-state index is -3.16. The van der Waals surface area contributed by atoms with Crippen molar-refractivity contribution in [3.63, 3.8) is 0 Å². The van der Waals surface area contributed by atoms with Crippen molar-refractivity contribution in [3.05, 3.63) is 53.9 Å². The number of sulfone groups is 1. The summed E-state index contributed by atoms with van der Waals surface area (Å²) in [4.78, 5) is 6.67. The molecular formula is C17H24N4O2S. The Morgan fingerprint density at radius 1 is 1.25 bits per heavy atom. The van der Waals surface area contributed by atoms with Crippen LogP contribution >= 0.6 is 0 Å². The van der Waals surface area contributed by atoms with Crippen LogP contribution in [0.4, 0.5) is 0 Å². The molecule has 7 heteroatoms. The van der Waals surface area contributed by atoms with Crippen LogP contribution in [0, 0.1) is 0 Å². The van der Waals surface area contributed by atoms with Crippen molar-refractivity contribution in [3.8, 4) is 0 Å². The van der Waals surface area contributed by atoms with E-state index in [-0.39, 0.29) is 0 Å². The minimum Gasteiger partial charge on any atom is -0.353 e. The number of rotatable bonds is 5. The van der Waals surface area contributed by atoms with Crippen LogP contribution in [-0.2, 0) is 30.0 Å². The van der Waals surface area contributed by atoms with Gasteiger partial charge in [-0.2, -0.15) is 0 Å². The van der Waals surface area contributed by atoms with Gasteiger partial charge in [0.2, 0.25) is 0 Å². The monoisotopic (exact) mass is 348 g/mol. The molecule has 0 atom stereocenters. The highest BCUT2D eigenvalue weighted by atomic mass is 32.2. The maximum Gasteiger partial charge on any atom is 0.194 e. The van der Waals surface area contributed by atoms with Crippen LogP contribution in [0.2, 0.25) is 0 Å². The molecule has 2 rings (SSSR count). The molecule has 0 amide bonds. The van der Waals surface area contributed by atoms with E-state index in [4.69, 9.17) is 0 Å². The topological polar surface area (TPSA) is 66.7 Å². The molecule has 1 N–H and O–H groups in total. The van der Waals surface area contributed by atoms with Gasteiger partial charge in [0.05, 0.1) is 11.4 Å². The molecule has 0 unspecified atom stereocenters. The first-order chi connectivity index (χ1) is 11.3. The standard InChI is InChI=1S/C17H24N4O2S/c1-18-17(21(3)13-15-6-5-11-20(15)2)19-12-14-7-9-16(10-8-14)24(4,22)23/h5-11H,12-13H2,1-4H3,(H,18,19). The Morgan fingerprint density at radius 2 is 1.92 bits per heavy atom. The summed E-state index contributed by atoms with van der Waals surface area (Å²) in [5, 5.41) is 3.29. The van der Waals surface area contributed by atoms with Crippen LogP contribution in [0.15, 0.2) is 52.5 Å². The fourth-order valence-corrected chi connectivity index (χ4v) is 3.03. The zero-order valence-electron chi connectivity index (χ0n) is 14.5. The Balaban J connectivity index is 1.97. The lowest BCUT2D eigenvalue weighted by Gasteiger charge is -2.22. The van der Waals surface area contributed by atoms with E-state index in [1.807, 2.05) is 43.4 Å². The van der Waals surface area contributed by atoms with E-state index in [1.165, 1.54) is 11.9 Å². The average molecular weight is 348 g/mol. The fraction of sp³-hybridized carbons (Fsp3) is 0.353. The van der Waals surface area contributed by atoms with E-state index in [9.17, 15) is 8.42 Å². The van der Waals surface area contributed by atoms with Crippen molar-refractivity contribution in [2.45, 2.75) is 18.0 Å². The molecule has 0 aliphatic heterocycles. The number of guanidine groups is 1. The van der Waals surface area contributed by atoms with Crippen molar-refractivity contribution in [1.82, 2.24) is 14.8 Å². The van der Waals surface area contributed by atoms with E-state index in [2.05, 4.69) is 20.9 Å². The number of aliphatic imine (C=N–C) groups is 1. The number of nitrogens with zero attached hydrogens (tertiary/aromatic N) is 3. The van der Waals surface area contributed by atoms with Crippen molar-refractivity contribution >= 4 is 15.8 Å². The van der Waals surface area contributed by atoms with E-state index in [0.717, 1.165) is 18.1 Å². The first kappa shape index (κ1) is 18.1. The van der Waals surface area contributed by atoms with Crippen LogP contribution in [-0.4, -0.2) is 44.2 Å². The highest BCUT2D eigenvalue weighted by Gasteiger charge is 2.09. The summed E-state index contributed by atoms with van der Waals surface area (Å²) in [7, 11) is 2.59. The molecule has 1 aromatic heterocycles. The third-order valence-corrected chi connectivity index (χ3v) is 4.95. The molecule has 24 heavy (non-hydrogen) atoms. The Labute approximate surface area is 143 Å². The van der Waals surface area contributed by atoms with Crippen LogP contribution in [0.3, 0.4) is 0 Å². The summed E-state index contributed by atoms with van der Waals surface area (Å²) in [6.45, 7) is 1.32. The molecule has 0 fully saturated rings. The number of benzene rings is 1. The summed E-state index contributed by atoms with van der Waals surface area (Å²) in [6.07, 6.45) is 3.23. The predicted molar refractivity (Wildman–Crippen MR) is 96.6 cm³/mol. The first-order valence-corrected chi connectivity index (χ1v) is 9.51. The van der Waals surface area contributed by atoms with E-state index < -0.39 is 9.84 Å². The van der Waals surface area contributed by atoms with Crippen LogP contribution in [0.25, 0.3) is 0 Å². The average Bonchev–Trinajstić information content (AvgIpc) is 2.92. The Morgan fingerprint density at radius 3 is 2.42 bits per heavy atom. The maximum absolute atomic E-state index is 11.5. The summed E-state index contributed by atoms with van der Waals surface area (Å²) < 4.78 is 25.0. The van der Waals surface area contributed by atoms with Crippen LogP contribution in [0.5, 0.6) is 0 Å². The largest absolute Gasteiger partial charge is 0.353 e. The molecule has 0 aliphatic rings. The van der Waals surface area contributed by atoms with E-state index in [1.54, 1.807) is 19.2 Å². The Kier molecular flexibility index (Phi) is 5.66. The van der Waals surface area contributed by atoms with Crippen LogP contribution < -0.4 is 5.32 Å². The molecule has 2 aromatic rings. The molecule has 1 aromatic carbocycles. The fourth-order valence-electron chi connectivity index (χ4n) is 2.40. The lowest BCUT2D eigenvalue weighted by molar-refractivity contribution is 0.461. The number of nitrogens with one attached hydrogen (secondary N) is 1. The lowest BCUT2D eigenvalue weighted by Crippen LogP contribution is -2.38. The van der Waals surface area contributed by atoms with E-state index >= 15 is 0 Å². The third-order valence-electron chi connectivity index (χ3n) is 3.83. The second kappa shape index (κ2) is 7.53. The van der Waals surface area contributed by atoms with Gasteiger partial charge in [-0.05, 0) is 29.8 Å². The van der Waals surface area contributed by atoms with Gasteiger partial charge in [-0.3, -0.25) is 4.99 Å². The normalized spacial score (nSPS) is 12.2. The van der Waals surface area contributed by atoms with Gasteiger partial charge in [0.25, 0.3) is 0 Å². The summed E-state index contributed by atoms with van der Waals surface area (Å²) in [6, 6.07) is 11.0. The zero-order valence-corrected chi connectivity index (χ0v) is 15.3. The Hall–Kier alpha value is -2.28. The molecular weight excluding hydrogens is 324 g/mol. The number of aromatic nitrogens is 1. The molecule has 130 valence electrons. The van der Waals surface area contributed by atoms with Crippen molar-refractivity contribution in [1.29, 1.82) is 0 Å². The highest BCUT2D eigenvalue weighted by Crippen LogP contribution is 2.10. The van der Waals surface area contributed by atoms with Crippen molar-refractivity contribution in [2.75, 3.05) is 20.4 Å². The number of aryl methyl sites for hydroxylation is 1. The molecule has 0 radical (unpaired) electrons. The third kappa shape index (κ3) is 4.61. The highest BCUT2D eigenvalue weighted by molar-refractivity contribution is 7.90. The molecule has 0 saturated heterocycles. The Bertz CT molecular complexity index is 807. The van der Waals surface area contributed by atoms with Crippen molar-refractivity contribution in [2.24, 2.45) is 12.0 Å². The summed E-state index contributed by atoms with van der Waals surface area (Å²) in [5.41, 5.74) is 2.19. The smallest absolute Gasteiger partial charge is 0.194 e. The second-order valence-corrected chi connectivity index (χ2v) is 7.80. The molecule has 0 spiro atoms. The molecule has 0 aliphatic carbocycles. The quantitative estimate of drug-likeness (QED) is 0.659. The molecule has 1 heterocycles.